The molecule has 0 aliphatic heterocycles. The van der Waals surface area contributed by atoms with E-state index in [9.17, 15) is 9.90 Å². The molecule has 1 aromatic rings. The Labute approximate surface area is 115 Å². The van der Waals surface area contributed by atoms with Gasteiger partial charge in [0, 0.05) is 18.7 Å². The van der Waals surface area contributed by atoms with E-state index in [1.165, 1.54) is 12.8 Å². The Morgan fingerprint density at radius 2 is 2.11 bits per heavy atom. The maximum Gasteiger partial charge on any atom is 0.253 e. The number of rotatable bonds is 2. The van der Waals surface area contributed by atoms with Crippen LogP contribution in [0.4, 0.5) is 0 Å². The summed E-state index contributed by atoms with van der Waals surface area (Å²) < 4.78 is 0. The zero-order chi connectivity index (χ0) is 14.0. The summed E-state index contributed by atoms with van der Waals surface area (Å²) in [5.74, 6) is 1.00. The van der Waals surface area contributed by atoms with Crippen molar-refractivity contribution in [1.29, 1.82) is 0 Å². The first kappa shape index (κ1) is 13.9. The second kappa shape index (κ2) is 5.64. The van der Waals surface area contributed by atoms with Gasteiger partial charge in [-0.25, -0.2) is 0 Å². The first-order valence-electron chi connectivity index (χ1n) is 7.06. The van der Waals surface area contributed by atoms with E-state index in [1.54, 1.807) is 18.2 Å². The Bertz CT molecular complexity index is 470. The van der Waals surface area contributed by atoms with E-state index in [0.29, 0.717) is 17.5 Å². The molecule has 1 aromatic carbocycles. The summed E-state index contributed by atoms with van der Waals surface area (Å²) in [5, 5.41) is 9.52. The number of carbonyl (C=O) groups is 1. The van der Waals surface area contributed by atoms with Crippen LogP contribution in [0.5, 0.6) is 5.75 Å². The molecule has 1 saturated carbocycles. The Morgan fingerprint density at radius 1 is 1.37 bits per heavy atom. The molecule has 1 N–H and O–H groups in total. The number of hydrogen-bond donors (Lipinski definition) is 1. The molecule has 19 heavy (non-hydrogen) atoms. The van der Waals surface area contributed by atoms with Crippen molar-refractivity contribution >= 4 is 5.91 Å². The number of aromatic hydroxyl groups is 1. The van der Waals surface area contributed by atoms with Crippen molar-refractivity contribution in [1.82, 2.24) is 4.90 Å². The van der Waals surface area contributed by atoms with Crippen molar-refractivity contribution in [3.63, 3.8) is 0 Å². The summed E-state index contributed by atoms with van der Waals surface area (Å²) in [4.78, 5) is 14.3. The van der Waals surface area contributed by atoms with Crippen molar-refractivity contribution in [3.8, 4) is 5.75 Å². The number of phenols is 1. The third-order valence-corrected chi connectivity index (χ3v) is 4.22. The van der Waals surface area contributed by atoms with E-state index < -0.39 is 0 Å². The molecule has 2 atom stereocenters. The van der Waals surface area contributed by atoms with Gasteiger partial charge in [0.25, 0.3) is 5.91 Å². The number of nitrogens with zero attached hydrogens (tertiary/aromatic N) is 1. The lowest BCUT2D eigenvalue weighted by Crippen LogP contribution is -2.39. The van der Waals surface area contributed by atoms with E-state index in [2.05, 4.69) is 6.92 Å². The van der Waals surface area contributed by atoms with Gasteiger partial charge in [-0.2, -0.15) is 0 Å². The van der Waals surface area contributed by atoms with Crippen LogP contribution in [0.3, 0.4) is 0 Å². The lowest BCUT2D eigenvalue weighted by Gasteiger charge is -2.34. The Morgan fingerprint density at radius 3 is 2.74 bits per heavy atom. The fourth-order valence-corrected chi connectivity index (χ4v) is 2.91. The number of carbonyl (C=O) groups excluding carboxylic acids is 1. The van der Waals surface area contributed by atoms with Gasteiger partial charge < -0.3 is 10.0 Å². The molecule has 3 heteroatoms. The van der Waals surface area contributed by atoms with Crippen LogP contribution < -0.4 is 0 Å². The largest absolute Gasteiger partial charge is 0.508 e. The molecular formula is C16H23NO2. The molecule has 1 fully saturated rings. The van der Waals surface area contributed by atoms with Crippen LogP contribution in [0.25, 0.3) is 0 Å². The van der Waals surface area contributed by atoms with Crippen LogP contribution >= 0.6 is 0 Å². The van der Waals surface area contributed by atoms with Crippen molar-refractivity contribution in [2.75, 3.05) is 7.05 Å². The normalized spacial score (nSPS) is 23.1. The summed E-state index contributed by atoms with van der Waals surface area (Å²) in [5.41, 5.74) is 1.41. The molecule has 2 rings (SSSR count). The standard InChI is InChI=1S/C16H23NO2/c1-11-5-4-6-14(9-11)17(3)16(19)13-7-8-15(18)12(2)10-13/h7-8,10-11,14,18H,4-6,9H2,1-3H3. The highest BCUT2D eigenvalue weighted by atomic mass is 16.3. The summed E-state index contributed by atoms with van der Waals surface area (Å²) >= 11 is 0. The predicted molar refractivity (Wildman–Crippen MR) is 76.4 cm³/mol. The van der Waals surface area contributed by atoms with Crippen LogP contribution in [-0.4, -0.2) is 29.0 Å². The molecule has 2 unspecified atom stereocenters. The maximum absolute atomic E-state index is 12.5. The fraction of sp³-hybridized carbons (Fsp3) is 0.562. The molecule has 1 aliphatic carbocycles. The van der Waals surface area contributed by atoms with E-state index in [1.807, 2.05) is 18.9 Å². The SMILES string of the molecule is Cc1cc(C(=O)N(C)C2CCCC(C)C2)ccc1O. The van der Waals surface area contributed by atoms with Crippen molar-refractivity contribution in [3.05, 3.63) is 29.3 Å². The van der Waals surface area contributed by atoms with E-state index >= 15 is 0 Å². The topological polar surface area (TPSA) is 40.5 Å². The minimum absolute atomic E-state index is 0.0576. The van der Waals surface area contributed by atoms with Crippen molar-refractivity contribution in [2.24, 2.45) is 5.92 Å². The maximum atomic E-state index is 12.5. The molecular weight excluding hydrogens is 238 g/mol. The number of hydrogen-bond acceptors (Lipinski definition) is 2. The predicted octanol–water partition coefficient (Wildman–Crippen LogP) is 3.35. The first-order chi connectivity index (χ1) is 8.99. The Balaban J connectivity index is 2.11. The van der Waals surface area contributed by atoms with Crippen molar-refractivity contribution < 1.29 is 9.90 Å². The molecule has 0 spiro atoms. The smallest absolute Gasteiger partial charge is 0.253 e. The molecule has 1 amide bonds. The van der Waals surface area contributed by atoms with Gasteiger partial charge in [0.05, 0.1) is 0 Å². The van der Waals surface area contributed by atoms with Gasteiger partial charge in [0.15, 0.2) is 0 Å². The van der Waals surface area contributed by atoms with Gasteiger partial charge in [-0.3, -0.25) is 4.79 Å². The zero-order valence-electron chi connectivity index (χ0n) is 12.0. The highest BCUT2D eigenvalue weighted by Gasteiger charge is 2.26. The number of benzene rings is 1. The number of phenolic OH excluding ortho intramolecular Hbond substituents is 1. The van der Waals surface area contributed by atoms with Gasteiger partial charge >= 0.3 is 0 Å². The zero-order valence-corrected chi connectivity index (χ0v) is 12.0. The molecule has 0 aromatic heterocycles. The van der Waals surface area contributed by atoms with Crippen LogP contribution in [0.1, 0.15) is 48.5 Å². The van der Waals surface area contributed by atoms with E-state index in [0.717, 1.165) is 18.4 Å². The number of amides is 1. The third-order valence-electron chi connectivity index (χ3n) is 4.22. The Kier molecular flexibility index (Phi) is 4.13. The van der Waals surface area contributed by atoms with E-state index in [-0.39, 0.29) is 11.7 Å². The number of aryl methyl sites for hydroxylation is 1. The molecule has 0 heterocycles. The van der Waals surface area contributed by atoms with Crippen LogP contribution in [0, 0.1) is 12.8 Å². The van der Waals surface area contributed by atoms with Crippen LogP contribution in [0.15, 0.2) is 18.2 Å². The molecule has 0 saturated heterocycles. The molecule has 0 radical (unpaired) electrons. The summed E-state index contributed by atoms with van der Waals surface area (Å²) in [6.45, 7) is 4.07. The quantitative estimate of drug-likeness (QED) is 0.887. The van der Waals surface area contributed by atoms with Gasteiger partial charge in [0.1, 0.15) is 5.75 Å². The first-order valence-corrected chi connectivity index (χ1v) is 7.06. The summed E-state index contributed by atoms with van der Waals surface area (Å²) in [6, 6.07) is 5.42. The minimum atomic E-state index is 0.0576. The average Bonchev–Trinajstić information content (AvgIpc) is 2.40. The molecule has 3 nitrogen and oxygen atoms in total. The van der Waals surface area contributed by atoms with Crippen molar-refractivity contribution in [2.45, 2.75) is 45.6 Å². The monoisotopic (exact) mass is 261 g/mol. The third kappa shape index (κ3) is 3.09. The minimum Gasteiger partial charge on any atom is -0.508 e. The van der Waals surface area contributed by atoms with Gasteiger partial charge in [-0.05, 0) is 49.4 Å². The van der Waals surface area contributed by atoms with Crippen LogP contribution in [-0.2, 0) is 0 Å². The molecule has 1 aliphatic rings. The summed E-state index contributed by atoms with van der Waals surface area (Å²) in [7, 11) is 1.90. The van der Waals surface area contributed by atoms with Gasteiger partial charge in [-0.1, -0.05) is 19.8 Å². The second-order valence-electron chi connectivity index (χ2n) is 5.84. The van der Waals surface area contributed by atoms with E-state index in [4.69, 9.17) is 0 Å². The lowest BCUT2D eigenvalue weighted by molar-refractivity contribution is 0.0672. The lowest BCUT2D eigenvalue weighted by atomic mass is 9.86. The van der Waals surface area contributed by atoms with Gasteiger partial charge in [-0.15, -0.1) is 0 Å². The average molecular weight is 261 g/mol. The Hall–Kier alpha value is -1.51. The fourth-order valence-electron chi connectivity index (χ4n) is 2.91. The second-order valence-corrected chi connectivity index (χ2v) is 5.84. The summed E-state index contributed by atoms with van der Waals surface area (Å²) in [6.07, 6.45) is 4.68. The molecule has 0 bridgehead atoms. The van der Waals surface area contributed by atoms with Crippen LogP contribution in [0.2, 0.25) is 0 Å². The molecule has 104 valence electrons. The highest BCUT2D eigenvalue weighted by molar-refractivity contribution is 5.94. The van der Waals surface area contributed by atoms with Gasteiger partial charge in [0.2, 0.25) is 0 Å². The highest BCUT2D eigenvalue weighted by Crippen LogP contribution is 2.28.